The predicted molar refractivity (Wildman–Crippen MR) is 121 cm³/mol. The molecule has 5 rings (SSSR count). The zero-order valence-corrected chi connectivity index (χ0v) is 18.7. The lowest BCUT2D eigenvalue weighted by Gasteiger charge is -2.32. The number of aromatic nitrogens is 3. The number of halogens is 2. The molecule has 0 N–H and O–H groups in total. The summed E-state index contributed by atoms with van der Waals surface area (Å²) in [6.07, 6.45) is 5.37. The molecule has 0 saturated carbocycles. The van der Waals surface area contributed by atoms with Crippen molar-refractivity contribution < 1.29 is 18.0 Å². The van der Waals surface area contributed by atoms with Gasteiger partial charge in [-0.05, 0) is 56.5 Å². The normalized spacial score (nSPS) is 14.3. The molecular formula is C25H24F2N4O2. The topological polar surface area (TPSA) is 56.3 Å². The first-order valence-corrected chi connectivity index (χ1v) is 10.8. The maximum absolute atomic E-state index is 13.8. The first kappa shape index (κ1) is 21.2. The van der Waals surface area contributed by atoms with Gasteiger partial charge in [0.05, 0.1) is 30.9 Å². The Bertz CT molecular complexity index is 1290. The van der Waals surface area contributed by atoms with Gasteiger partial charge in [0.2, 0.25) is 5.88 Å². The summed E-state index contributed by atoms with van der Waals surface area (Å²) in [5, 5.41) is 4.37. The summed E-state index contributed by atoms with van der Waals surface area (Å²) in [6, 6.07) is 9.22. The Kier molecular flexibility index (Phi) is 5.36. The molecule has 0 bridgehead atoms. The molecule has 2 aromatic carbocycles. The highest BCUT2D eigenvalue weighted by Gasteiger charge is 2.30. The van der Waals surface area contributed by atoms with E-state index in [2.05, 4.69) is 10.1 Å². The molecular weight excluding hydrogens is 426 g/mol. The largest absolute Gasteiger partial charge is 0.495 e. The van der Waals surface area contributed by atoms with Crippen molar-refractivity contribution in [2.24, 2.45) is 0 Å². The lowest BCUT2D eigenvalue weighted by molar-refractivity contribution is 0.400. The van der Waals surface area contributed by atoms with Crippen molar-refractivity contribution in [3.8, 4) is 22.7 Å². The number of anilines is 1. The number of methoxy groups -OCH3 is 1. The van der Waals surface area contributed by atoms with E-state index in [-0.39, 0.29) is 6.04 Å². The second kappa shape index (κ2) is 8.35. The Balaban J connectivity index is 1.50. The standard InChI is InChI=1S/C25H24F2N4O2/c1-15-13-30(14-28-15)22-7-6-17(11-23(22)32-3)24-21-5-4-8-31(25(21)33-29-24)16(2)18-9-19(26)12-20(27)10-18/h6-7,9-14,16H,4-5,8H2,1-3H3. The molecule has 3 heterocycles. The minimum atomic E-state index is -0.590. The van der Waals surface area contributed by atoms with Crippen molar-refractivity contribution in [1.82, 2.24) is 14.7 Å². The molecule has 0 spiro atoms. The Morgan fingerprint density at radius 1 is 1.12 bits per heavy atom. The molecule has 4 aromatic rings. The molecule has 1 aliphatic heterocycles. The summed E-state index contributed by atoms with van der Waals surface area (Å²) in [5.74, 6) is 0.153. The zero-order chi connectivity index (χ0) is 23.1. The smallest absolute Gasteiger partial charge is 0.231 e. The summed E-state index contributed by atoms with van der Waals surface area (Å²) in [4.78, 5) is 6.30. The number of rotatable bonds is 5. The van der Waals surface area contributed by atoms with Gasteiger partial charge >= 0.3 is 0 Å². The number of ether oxygens (including phenoxy) is 1. The van der Waals surface area contributed by atoms with Gasteiger partial charge in [0.1, 0.15) is 23.1 Å². The Hall–Kier alpha value is -3.68. The number of benzene rings is 2. The third-order valence-corrected chi connectivity index (χ3v) is 6.13. The van der Waals surface area contributed by atoms with Crippen LogP contribution in [-0.2, 0) is 6.42 Å². The SMILES string of the molecule is COc1cc(-c2noc3c2CCCN3C(C)c2cc(F)cc(F)c2)ccc1-n1cnc(C)c1. The minimum absolute atomic E-state index is 0.267. The van der Waals surface area contributed by atoms with E-state index in [1.807, 2.05) is 47.7 Å². The van der Waals surface area contributed by atoms with Gasteiger partial charge in [-0.2, -0.15) is 0 Å². The number of imidazole rings is 1. The van der Waals surface area contributed by atoms with Gasteiger partial charge in [-0.1, -0.05) is 11.2 Å². The van der Waals surface area contributed by atoms with E-state index < -0.39 is 11.6 Å². The van der Waals surface area contributed by atoms with Crippen molar-refractivity contribution in [2.45, 2.75) is 32.7 Å². The molecule has 0 fully saturated rings. The summed E-state index contributed by atoms with van der Waals surface area (Å²) in [5.41, 5.74) is 4.96. The molecule has 1 unspecified atom stereocenters. The molecule has 33 heavy (non-hydrogen) atoms. The monoisotopic (exact) mass is 450 g/mol. The van der Waals surface area contributed by atoms with Crippen LogP contribution in [0.25, 0.3) is 16.9 Å². The van der Waals surface area contributed by atoms with Crippen LogP contribution < -0.4 is 9.64 Å². The fraction of sp³-hybridized carbons (Fsp3) is 0.280. The Labute approximate surface area is 190 Å². The lowest BCUT2D eigenvalue weighted by atomic mass is 9.97. The number of hydrogen-bond donors (Lipinski definition) is 0. The maximum Gasteiger partial charge on any atom is 0.231 e. The van der Waals surface area contributed by atoms with Crippen molar-refractivity contribution in [3.63, 3.8) is 0 Å². The highest BCUT2D eigenvalue weighted by atomic mass is 19.1. The Morgan fingerprint density at radius 3 is 2.61 bits per heavy atom. The molecule has 1 aliphatic rings. The van der Waals surface area contributed by atoms with Crippen LogP contribution in [0.4, 0.5) is 14.7 Å². The van der Waals surface area contributed by atoms with Crippen LogP contribution in [-0.4, -0.2) is 28.4 Å². The van der Waals surface area contributed by atoms with Crippen LogP contribution in [0.2, 0.25) is 0 Å². The van der Waals surface area contributed by atoms with E-state index >= 15 is 0 Å². The quantitative estimate of drug-likeness (QED) is 0.394. The number of aryl methyl sites for hydroxylation is 1. The van der Waals surface area contributed by atoms with Gasteiger partial charge in [0.25, 0.3) is 0 Å². The Morgan fingerprint density at radius 2 is 1.91 bits per heavy atom. The van der Waals surface area contributed by atoms with Gasteiger partial charge in [0, 0.05) is 29.9 Å². The van der Waals surface area contributed by atoms with E-state index in [9.17, 15) is 8.78 Å². The van der Waals surface area contributed by atoms with Crippen LogP contribution in [0.15, 0.2) is 53.4 Å². The van der Waals surface area contributed by atoms with Gasteiger partial charge in [-0.25, -0.2) is 13.8 Å². The second-order valence-corrected chi connectivity index (χ2v) is 8.30. The van der Waals surface area contributed by atoms with E-state index in [4.69, 9.17) is 9.26 Å². The average Bonchev–Trinajstić information content (AvgIpc) is 3.43. The fourth-order valence-electron chi connectivity index (χ4n) is 4.46. The molecule has 0 radical (unpaired) electrons. The fourth-order valence-corrected chi connectivity index (χ4v) is 4.46. The van der Waals surface area contributed by atoms with Crippen molar-refractivity contribution in [2.75, 3.05) is 18.6 Å². The van der Waals surface area contributed by atoms with Crippen LogP contribution in [0.5, 0.6) is 5.75 Å². The summed E-state index contributed by atoms with van der Waals surface area (Å²) in [6.45, 7) is 4.56. The minimum Gasteiger partial charge on any atom is -0.495 e. The summed E-state index contributed by atoms with van der Waals surface area (Å²) in [7, 11) is 1.63. The molecule has 0 aliphatic carbocycles. The number of fused-ring (bicyclic) bond motifs is 1. The van der Waals surface area contributed by atoms with E-state index in [0.717, 1.165) is 47.1 Å². The number of hydrogen-bond acceptors (Lipinski definition) is 5. The first-order chi connectivity index (χ1) is 15.9. The summed E-state index contributed by atoms with van der Waals surface area (Å²) < 4.78 is 40.9. The molecule has 6 nitrogen and oxygen atoms in total. The third kappa shape index (κ3) is 3.86. The van der Waals surface area contributed by atoms with Crippen LogP contribution in [0, 0.1) is 18.6 Å². The van der Waals surface area contributed by atoms with E-state index in [0.29, 0.717) is 23.7 Å². The van der Waals surface area contributed by atoms with Crippen LogP contribution in [0.1, 0.15) is 36.2 Å². The molecule has 2 aromatic heterocycles. The summed E-state index contributed by atoms with van der Waals surface area (Å²) >= 11 is 0. The predicted octanol–water partition coefficient (Wildman–Crippen LogP) is 5.64. The van der Waals surface area contributed by atoms with Crippen molar-refractivity contribution in [1.29, 1.82) is 0 Å². The lowest BCUT2D eigenvalue weighted by Crippen LogP contribution is -2.31. The molecule has 0 amide bonds. The third-order valence-electron chi connectivity index (χ3n) is 6.13. The van der Waals surface area contributed by atoms with Crippen LogP contribution in [0.3, 0.4) is 0 Å². The van der Waals surface area contributed by atoms with Crippen molar-refractivity contribution in [3.05, 3.63) is 77.4 Å². The van der Waals surface area contributed by atoms with E-state index in [1.165, 1.54) is 12.1 Å². The molecule has 8 heteroatoms. The van der Waals surface area contributed by atoms with Gasteiger partial charge in [-0.3, -0.25) is 0 Å². The van der Waals surface area contributed by atoms with Gasteiger partial charge in [0.15, 0.2) is 0 Å². The van der Waals surface area contributed by atoms with Crippen LogP contribution >= 0.6 is 0 Å². The maximum atomic E-state index is 13.8. The highest BCUT2D eigenvalue weighted by Crippen LogP contribution is 2.40. The molecule has 1 atom stereocenters. The van der Waals surface area contributed by atoms with E-state index in [1.54, 1.807) is 13.4 Å². The molecule has 170 valence electrons. The average molecular weight is 450 g/mol. The first-order valence-electron chi connectivity index (χ1n) is 10.8. The second-order valence-electron chi connectivity index (χ2n) is 8.30. The van der Waals surface area contributed by atoms with Gasteiger partial charge in [-0.15, -0.1) is 0 Å². The van der Waals surface area contributed by atoms with Gasteiger partial charge < -0.3 is 18.7 Å². The molecule has 0 saturated heterocycles. The van der Waals surface area contributed by atoms with Crippen molar-refractivity contribution >= 4 is 5.88 Å². The zero-order valence-electron chi connectivity index (χ0n) is 18.7. The highest BCUT2D eigenvalue weighted by molar-refractivity contribution is 5.72. The number of nitrogens with zero attached hydrogens (tertiary/aromatic N) is 4.